The van der Waals surface area contributed by atoms with E-state index in [2.05, 4.69) is 10.3 Å². The molecule has 1 atom stereocenters. The lowest BCUT2D eigenvalue weighted by Crippen LogP contribution is -2.21. The lowest BCUT2D eigenvalue weighted by Gasteiger charge is -2.07. The van der Waals surface area contributed by atoms with Crippen LogP contribution in [0.15, 0.2) is 65.1 Å². The summed E-state index contributed by atoms with van der Waals surface area (Å²) in [5.74, 6) is 0.689. The lowest BCUT2D eigenvalue weighted by molar-refractivity contribution is -0.121. The van der Waals surface area contributed by atoms with Gasteiger partial charge in [0.25, 0.3) is 5.91 Å². The van der Waals surface area contributed by atoms with Crippen molar-refractivity contribution in [2.45, 2.75) is 6.42 Å². The monoisotopic (exact) mass is 378 g/mol. The molecule has 1 unspecified atom stereocenters. The molecule has 6 nitrogen and oxygen atoms in total. The first-order chi connectivity index (χ1) is 13.8. The van der Waals surface area contributed by atoms with Crippen LogP contribution in [0.2, 0.25) is 0 Å². The summed E-state index contributed by atoms with van der Waals surface area (Å²) in [6.07, 6.45) is 0.974. The molecule has 3 aromatic rings. The number of benzene rings is 2. The van der Waals surface area contributed by atoms with Crippen molar-refractivity contribution in [1.82, 2.24) is 4.98 Å². The van der Waals surface area contributed by atoms with Crippen LogP contribution in [0.3, 0.4) is 0 Å². The summed E-state index contributed by atoms with van der Waals surface area (Å²) < 4.78 is 16.7. The van der Waals surface area contributed by atoms with Gasteiger partial charge < -0.3 is 13.9 Å². The highest BCUT2D eigenvalue weighted by Gasteiger charge is 2.19. The molecular formula is C22H22N2O4. The van der Waals surface area contributed by atoms with E-state index in [1.54, 1.807) is 0 Å². The highest BCUT2D eigenvalue weighted by atomic mass is 16.5. The van der Waals surface area contributed by atoms with Crippen molar-refractivity contribution in [3.63, 3.8) is 0 Å². The Labute approximate surface area is 163 Å². The second-order valence-electron chi connectivity index (χ2n) is 6.72. The molecule has 1 aromatic heterocycles. The SMILES string of the molecule is O=C(COCC1CCOC1)Nc1nc(-c2ccccc2)c(-c2ccccc2)o1. The van der Waals surface area contributed by atoms with Crippen LogP contribution in [0.25, 0.3) is 22.6 Å². The van der Waals surface area contributed by atoms with Gasteiger partial charge >= 0.3 is 6.01 Å². The zero-order chi connectivity index (χ0) is 19.2. The van der Waals surface area contributed by atoms with Crippen molar-refractivity contribution < 1.29 is 18.7 Å². The summed E-state index contributed by atoms with van der Waals surface area (Å²) >= 11 is 0. The Kier molecular flexibility index (Phi) is 5.80. The largest absolute Gasteiger partial charge is 0.423 e. The molecule has 0 radical (unpaired) electrons. The summed E-state index contributed by atoms with van der Waals surface area (Å²) in [4.78, 5) is 16.7. The first-order valence-electron chi connectivity index (χ1n) is 9.36. The number of nitrogens with zero attached hydrogens (tertiary/aromatic N) is 1. The molecule has 144 valence electrons. The molecule has 28 heavy (non-hydrogen) atoms. The van der Waals surface area contributed by atoms with E-state index in [0.29, 0.717) is 30.6 Å². The molecule has 1 aliphatic heterocycles. The van der Waals surface area contributed by atoms with Gasteiger partial charge in [-0.05, 0) is 6.42 Å². The van der Waals surface area contributed by atoms with Crippen LogP contribution in [-0.2, 0) is 14.3 Å². The highest BCUT2D eigenvalue weighted by Crippen LogP contribution is 2.34. The Morgan fingerprint density at radius 1 is 1.07 bits per heavy atom. The minimum Gasteiger partial charge on any atom is -0.423 e. The van der Waals surface area contributed by atoms with E-state index in [1.807, 2.05) is 60.7 Å². The number of carbonyl (C=O) groups excluding carboxylic acids is 1. The average Bonchev–Trinajstić information content (AvgIpc) is 3.39. The van der Waals surface area contributed by atoms with E-state index in [9.17, 15) is 4.79 Å². The molecule has 0 saturated carbocycles. The van der Waals surface area contributed by atoms with E-state index in [4.69, 9.17) is 13.9 Å². The van der Waals surface area contributed by atoms with Gasteiger partial charge in [0.1, 0.15) is 12.3 Å². The van der Waals surface area contributed by atoms with Crippen molar-refractivity contribution in [3.8, 4) is 22.6 Å². The summed E-state index contributed by atoms with van der Waals surface area (Å²) in [5, 5.41) is 2.69. The second-order valence-corrected chi connectivity index (χ2v) is 6.72. The maximum absolute atomic E-state index is 12.2. The van der Waals surface area contributed by atoms with Crippen molar-refractivity contribution in [2.24, 2.45) is 5.92 Å². The number of oxazole rings is 1. The van der Waals surface area contributed by atoms with Crippen LogP contribution in [0.5, 0.6) is 0 Å². The topological polar surface area (TPSA) is 73.6 Å². The minimum absolute atomic E-state index is 0.0414. The van der Waals surface area contributed by atoms with Gasteiger partial charge in [-0.3, -0.25) is 10.1 Å². The van der Waals surface area contributed by atoms with Crippen LogP contribution in [0.1, 0.15) is 6.42 Å². The maximum atomic E-state index is 12.2. The van der Waals surface area contributed by atoms with Gasteiger partial charge in [-0.1, -0.05) is 60.7 Å². The number of hydrogen-bond donors (Lipinski definition) is 1. The van der Waals surface area contributed by atoms with Crippen LogP contribution < -0.4 is 5.32 Å². The summed E-state index contributed by atoms with van der Waals surface area (Å²) in [5.41, 5.74) is 2.50. The van der Waals surface area contributed by atoms with Crippen LogP contribution >= 0.6 is 0 Å². The summed E-state index contributed by atoms with van der Waals surface area (Å²) in [6, 6.07) is 19.6. The van der Waals surface area contributed by atoms with Gasteiger partial charge in [-0.25, -0.2) is 0 Å². The third-order valence-electron chi connectivity index (χ3n) is 4.57. The standard InChI is InChI=1S/C22H22N2O4/c25-19(15-27-14-16-11-12-26-13-16)23-22-24-20(17-7-3-1-4-8-17)21(28-22)18-9-5-2-6-10-18/h1-10,16H,11-15H2,(H,23,24,25). The number of amides is 1. The van der Waals surface area contributed by atoms with Crippen molar-refractivity contribution >= 4 is 11.9 Å². The van der Waals surface area contributed by atoms with E-state index in [-0.39, 0.29) is 18.5 Å². The molecule has 1 aliphatic rings. The Balaban J connectivity index is 1.48. The fraction of sp³-hybridized carbons (Fsp3) is 0.273. The molecule has 0 aliphatic carbocycles. The highest BCUT2D eigenvalue weighted by molar-refractivity contribution is 5.90. The summed E-state index contributed by atoms with van der Waals surface area (Å²) in [7, 11) is 0. The fourth-order valence-electron chi connectivity index (χ4n) is 3.14. The number of carbonyl (C=O) groups is 1. The molecule has 2 heterocycles. The number of anilines is 1. The van der Waals surface area contributed by atoms with Crippen LogP contribution in [0, 0.1) is 5.92 Å². The molecule has 1 saturated heterocycles. The second kappa shape index (κ2) is 8.82. The zero-order valence-electron chi connectivity index (χ0n) is 15.5. The van der Waals surface area contributed by atoms with E-state index >= 15 is 0 Å². The number of rotatable bonds is 7. The Morgan fingerprint density at radius 3 is 2.46 bits per heavy atom. The average molecular weight is 378 g/mol. The third-order valence-corrected chi connectivity index (χ3v) is 4.57. The van der Waals surface area contributed by atoms with Crippen LogP contribution in [0.4, 0.5) is 6.01 Å². The smallest absolute Gasteiger partial charge is 0.302 e. The lowest BCUT2D eigenvalue weighted by atomic mass is 10.1. The fourth-order valence-corrected chi connectivity index (χ4v) is 3.14. The predicted molar refractivity (Wildman–Crippen MR) is 106 cm³/mol. The number of ether oxygens (including phenoxy) is 2. The molecule has 2 aromatic carbocycles. The minimum atomic E-state index is -0.292. The predicted octanol–water partition coefficient (Wildman–Crippen LogP) is 4.00. The molecular weight excluding hydrogens is 356 g/mol. The number of hydrogen-bond acceptors (Lipinski definition) is 5. The molecule has 0 spiro atoms. The van der Waals surface area contributed by atoms with Gasteiger partial charge in [-0.2, -0.15) is 4.98 Å². The number of aromatic nitrogens is 1. The molecule has 1 N–H and O–H groups in total. The number of nitrogens with one attached hydrogen (secondary N) is 1. The molecule has 6 heteroatoms. The van der Waals surface area contributed by atoms with Crippen molar-refractivity contribution in [2.75, 3.05) is 31.7 Å². The Morgan fingerprint density at radius 2 is 1.79 bits per heavy atom. The maximum Gasteiger partial charge on any atom is 0.302 e. The van der Waals surface area contributed by atoms with E-state index < -0.39 is 0 Å². The van der Waals surface area contributed by atoms with Gasteiger partial charge in [0.15, 0.2) is 5.76 Å². The van der Waals surface area contributed by atoms with Gasteiger partial charge in [0.05, 0.1) is 13.2 Å². The van der Waals surface area contributed by atoms with Gasteiger partial charge in [0.2, 0.25) is 0 Å². The molecule has 0 bridgehead atoms. The Bertz CT molecular complexity index is 846. The van der Waals surface area contributed by atoms with Crippen molar-refractivity contribution in [1.29, 1.82) is 0 Å². The van der Waals surface area contributed by atoms with Gasteiger partial charge in [-0.15, -0.1) is 0 Å². The molecule has 1 fully saturated rings. The van der Waals surface area contributed by atoms with Crippen molar-refractivity contribution in [3.05, 3.63) is 60.7 Å². The Hall–Kier alpha value is -2.96. The van der Waals surface area contributed by atoms with E-state index in [1.165, 1.54) is 0 Å². The first-order valence-corrected chi connectivity index (χ1v) is 9.36. The third kappa shape index (κ3) is 4.47. The molecule has 4 rings (SSSR count). The van der Waals surface area contributed by atoms with E-state index in [0.717, 1.165) is 24.2 Å². The first kappa shape index (κ1) is 18.4. The molecule has 1 amide bonds. The zero-order valence-corrected chi connectivity index (χ0v) is 15.5. The quantitative estimate of drug-likeness (QED) is 0.673. The normalized spacial score (nSPS) is 16.2. The van der Waals surface area contributed by atoms with Crippen LogP contribution in [-0.4, -0.2) is 37.3 Å². The summed E-state index contributed by atoms with van der Waals surface area (Å²) in [6.45, 7) is 1.94. The van der Waals surface area contributed by atoms with Gasteiger partial charge in [0, 0.05) is 23.7 Å².